The average Bonchev–Trinajstić information content (AvgIpc) is 2.29. The SMILES string of the molecule is Cc1ccc(S(=O)(=O)N(CCBr)CCBr)cc1. The molecule has 96 valence electrons. The van der Waals surface area contributed by atoms with E-state index in [1.54, 1.807) is 12.1 Å². The Labute approximate surface area is 120 Å². The van der Waals surface area contributed by atoms with Gasteiger partial charge in [-0.3, -0.25) is 0 Å². The van der Waals surface area contributed by atoms with E-state index in [2.05, 4.69) is 31.9 Å². The molecule has 1 rings (SSSR count). The van der Waals surface area contributed by atoms with E-state index in [9.17, 15) is 8.42 Å². The lowest BCUT2D eigenvalue weighted by Gasteiger charge is -2.20. The summed E-state index contributed by atoms with van der Waals surface area (Å²) < 4.78 is 26.1. The molecular formula is C11H15Br2NO2S. The van der Waals surface area contributed by atoms with Crippen molar-refractivity contribution in [3.05, 3.63) is 29.8 Å². The maximum absolute atomic E-state index is 12.3. The highest BCUT2D eigenvalue weighted by atomic mass is 79.9. The number of hydrogen-bond acceptors (Lipinski definition) is 2. The third-order valence-corrected chi connectivity index (χ3v) is 4.95. The van der Waals surface area contributed by atoms with Crippen molar-refractivity contribution in [3.8, 4) is 0 Å². The van der Waals surface area contributed by atoms with Gasteiger partial charge in [0.1, 0.15) is 0 Å². The number of hydrogen-bond donors (Lipinski definition) is 0. The van der Waals surface area contributed by atoms with Crippen molar-refractivity contribution in [2.45, 2.75) is 11.8 Å². The minimum Gasteiger partial charge on any atom is -0.207 e. The molecule has 0 aliphatic carbocycles. The highest BCUT2D eigenvalue weighted by molar-refractivity contribution is 9.09. The van der Waals surface area contributed by atoms with Crippen molar-refractivity contribution < 1.29 is 8.42 Å². The zero-order valence-electron chi connectivity index (χ0n) is 9.57. The lowest BCUT2D eigenvalue weighted by molar-refractivity contribution is 0.451. The Morgan fingerprint density at radius 1 is 1.06 bits per heavy atom. The normalized spacial score (nSPS) is 12.0. The van der Waals surface area contributed by atoms with Gasteiger partial charge in [0.05, 0.1) is 4.90 Å². The van der Waals surface area contributed by atoms with Crippen LogP contribution in [0.3, 0.4) is 0 Å². The predicted octanol–water partition coefficient (Wildman–Crippen LogP) is 2.78. The fourth-order valence-electron chi connectivity index (χ4n) is 1.40. The first-order chi connectivity index (χ1) is 8.02. The molecule has 0 saturated heterocycles. The van der Waals surface area contributed by atoms with Gasteiger partial charge in [0.15, 0.2) is 0 Å². The highest BCUT2D eigenvalue weighted by Gasteiger charge is 2.22. The smallest absolute Gasteiger partial charge is 0.207 e. The quantitative estimate of drug-likeness (QED) is 0.707. The molecule has 0 radical (unpaired) electrons. The molecule has 0 aliphatic rings. The molecule has 0 atom stereocenters. The summed E-state index contributed by atoms with van der Waals surface area (Å²) in [6.45, 7) is 2.88. The van der Waals surface area contributed by atoms with E-state index >= 15 is 0 Å². The Kier molecular flexibility index (Phi) is 6.12. The van der Waals surface area contributed by atoms with Crippen LogP contribution < -0.4 is 0 Å². The van der Waals surface area contributed by atoms with E-state index in [0.717, 1.165) is 5.56 Å². The second-order valence-electron chi connectivity index (χ2n) is 3.60. The molecule has 0 bridgehead atoms. The Morgan fingerprint density at radius 2 is 1.53 bits per heavy atom. The largest absolute Gasteiger partial charge is 0.243 e. The molecule has 3 nitrogen and oxygen atoms in total. The van der Waals surface area contributed by atoms with Crippen LogP contribution in [-0.2, 0) is 10.0 Å². The fraction of sp³-hybridized carbons (Fsp3) is 0.455. The third-order valence-electron chi connectivity index (χ3n) is 2.33. The van der Waals surface area contributed by atoms with Crippen molar-refractivity contribution in [1.29, 1.82) is 0 Å². The first kappa shape index (κ1) is 15.1. The van der Waals surface area contributed by atoms with Crippen LogP contribution in [0.25, 0.3) is 0 Å². The summed E-state index contributed by atoms with van der Waals surface area (Å²) in [6.07, 6.45) is 0. The van der Waals surface area contributed by atoms with Gasteiger partial charge in [-0.2, -0.15) is 4.31 Å². The van der Waals surface area contributed by atoms with Gasteiger partial charge in [0.25, 0.3) is 0 Å². The number of sulfonamides is 1. The first-order valence-corrected chi connectivity index (χ1v) is 8.89. The maximum Gasteiger partial charge on any atom is 0.243 e. The Bertz CT molecular complexity index is 439. The topological polar surface area (TPSA) is 37.4 Å². The summed E-state index contributed by atoms with van der Waals surface area (Å²) in [5.74, 6) is 0. The van der Waals surface area contributed by atoms with Crippen LogP contribution in [-0.4, -0.2) is 36.5 Å². The van der Waals surface area contributed by atoms with Gasteiger partial charge in [0, 0.05) is 23.7 Å². The Morgan fingerprint density at radius 3 is 1.94 bits per heavy atom. The fourth-order valence-corrected chi connectivity index (χ4v) is 4.17. The first-order valence-electron chi connectivity index (χ1n) is 5.21. The summed E-state index contributed by atoms with van der Waals surface area (Å²) in [4.78, 5) is 0.352. The molecular weight excluding hydrogens is 370 g/mol. The molecule has 0 amide bonds. The van der Waals surface area contributed by atoms with Crippen molar-refractivity contribution >= 4 is 41.9 Å². The number of halogens is 2. The number of aryl methyl sites for hydroxylation is 1. The third kappa shape index (κ3) is 4.05. The summed E-state index contributed by atoms with van der Waals surface area (Å²) in [5, 5.41) is 1.26. The lowest BCUT2D eigenvalue weighted by Crippen LogP contribution is -2.34. The van der Waals surface area contributed by atoms with Crippen LogP contribution in [0.4, 0.5) is 0 Å². The molecule has 17 heavy (non-hydrogen) atoms. The molecule has 0 spiro atoms. The number of nitrogens with zero attached hydrogens (tertiary/aromatic N) is 1. The standard InChI is InChI=1S/C11H15Br2NO2S/c1-10-2-4-11(5-3-10)17(15,16)14(8-6-12)9-7-13/h2-5H,6-9H2,1H3. The zero-order chi connectivity index (χ0) is 12.9. The van der Waals surface area contributed by atoms with Gasteiger partial charge >= 0.3 is 0 Å². The van der Waals surface area contributed by atoms with Crippen LogP contribution in [0.1, 0.15) is 5.56 Å². The van der Waals surface area contributed by atoms with E-state index in [-0.39, 0.29) is 0 Å². The van der Waals surface area contributed by atoms with Crippen molar-refractivity contribution in [3.63, 3.8) is 0 Å². The van der Waals surface area contributed by atoms with Gasteiger partial charge in [-0.15, -0.1) is 0 Å². The maximum atomic E-state index is 12.3. The van der Waals surface area contributed by atoms with E-state index in [0.29, 0.717) is 28.6 Å². The van der Waals surface area contributed by atoms with Crippen molar-refractivity contribution in [2.24, 2.45) is 0 Å². The molecule has 0 saturated carbocycles. The second kappa shape index (κ2) is 6.87. The summed E-state index contributed by atoms with van der Waals surface area (Å²) >= 11 is 6.55. The molecule has 1 aromatic carbocycles. The van der Waals surface area contributed by atoms with E-state index in [4.69, 9.17) is 0 Å². The van der Waals surface area contributed by atoms with Gasteiger partial charge in [0.2, 0.25) is 10.0 Å². The molecule has 0 fully saturated rings. The van der Waals surface area contributed by atoms with Crippen LogP contribution >= 0.6 is 31.9 Å². The molecule has 1 aromatic rings. The minimum atomic E-state index is -3.37. The Hall–Kier alpha value is 0.0900. The van der Waals surface area contributed by atoms with Crippen molar-refractivity contribution in [1.82, 2.24) is 4.31 Å². The number of rotatable bonds is 6. The van der Waals surface area contributed by atoms with Gasteiger partial charge in [-0.25, -0.2) is 8.42 Å². The summed E-state index contributed by atoms with van der Waals surface area (Å²) in [5.41, 5.74) is 1.05. The average molecular weight is 385 g/mol. The number of alkyl halides is 2. The zero-order valence-corrected chi connectivity index (χ0v) is 13.6. The number of benzene rings is 1. The molecule has 0 N–H and O–H groups in total. The summed E-state index contributed by atoms with van der Waals surface area (Å²) in [7, 11) is -3.37. The molecule has 6 heteroatoms. The van der Waals surface area contributed by atoms with Crippen LogP contribution in [0.15, 0.2) is 29.2 Å². The minimum absolute atomic E-state index is 0.352. The van der Waals surface area contributed by atoms with Crippen LogP contribution in [0.5, 0.6) is 0 Å². The highest BCUT2D eigenvalue weighted by Crippen LogP contribution is 2.16. The molecule has 0 heterocycles. The molecule has 0 unspecified atom stereocenters. The molecule has 0 aromatic heterocycles. The predicted molar refractivity (Wildman–Crippen MR) is 77.5 cm³/mol. The van der Waals surface area contributed by atoms with Crippen LogP contribution in [0, 0.1) is 6.92 Å². The second-order valence-corrected chi connectivity index (χ2v) is 7.12. The summed E-state index contributed by atoms with van der Waals surface area (Å²) in [6, 6.07) is 6.93. The lowest BCUT2D eigenvalue weighted by atomic mass is 10.2. The molecule has 0 aliphatic heterocycles. The van der Waals surface area contributed by atoms with Crippen LogP contribution in [0.2, 0.25) is 0 Å². The van der Waals surface area contributed by atoms with Crippen molar-refractivity contribution in [2.75, 3.05) is 23.7 Å². The van der Waals surface area contributed by atoms with Gasteiger partial charge in [-0.1, -0.05) is 49.6 Å². The van der Waals surface area contributed by atoms with E-state index < -0.39 is 10.0 Å². The van der Waals surface area contributed by atoms with Gasteiger partial charge < -0.3 is 0 Å². The Balaban J connectivity index is 3.02. The monoisotopic (exact) mass is 383 g/mol. The van der Waals surface area contributed by atoms with Gasteiger partial charge in [-0.05, 0) is 19.1 Å². The van der Waals surface area contributed by atoms with E-state index in [1.807, 2.05) is 19.1 Å². The van der Waals surface area contributed by atoms with E-state index in [1.165, 1.54) is 4.31 Å².